The zero-order valence-electron chi connectivity index (χ0n) is 8.38. The van der Waals surface area contributed by atoms with Crippen LogP contribution in [0.4, 0.5) is 5.69 Å². The second kappa shape index (κ2) is 4.92. The number of rotatable bonds is 4. The van der Waals surface area contributed by atoms with E-state index >= 15 is 0 Å². The fourth-order valence-corrected chi connectivity index (χ4v) is 1.19. The molecule has 0 bridgehead atoms. The standard InChI is InChI=1S/C10H9NO5/c1-16-8-4-2-3-7(5-6-9(12)13)10(8)11(14)15/h2-6H,1H3,(H,12,13)/p-1/b6-5+. The molecule has 0 heterocycles. The van der Waals surface area contributed by atoms with Gasteiger partial charge in [0.05, 0.1) is 23.6 Å². The van der Waals surface area contributed by atoms with Crippen molar-refractivity contribution in [2.75, 3.05) is 7.11 Å². The van der Waals surface area contributed by atoms with E-state index in [1.165, 1.54) is 25.3 Å². The Morgan fingerprint density at radius 1 is 1.50 bits per heavy atom. The van der Waals surface area contributed by atoms with E-state index in [1.54, 1.807) is 0 Å². The minimum Gasteiger partial charge on any atom is -0.545 e. The Morgan fingerprint density at radius 2 is 2.19 bits per heavy atom. The normalized spacial score (nSPS) is 10.3. The van der Waals surface area contributed by atoms with E-state index < -0.39 is 10.9 Å². The molecule has 0 unspecified atom stereocenters. The van der Waals surface area contributed by atoms with E-state index in [4.69, 9.17) is 4.74 Å². The van der Waals surface area contributed by atoms with Gasteiger partial charge in [-0.2, -0.15) is 0 Å². The van der Waals surface area contributed by atoms with Gasteiger partial charge in [0.2, 0.25) is 0 Å². The smallest absolute Gasteiger partial charge is 0.318 e. The summed E-state index contributed by atoms with van der Waals surface area (Å²) in [6.45, 7) is 0. The van der Waals surface area contributed by atoms with E-state index in [1.807, 2.05) is 0 Å². The third kappa shape index (κ3) is 2.57. The topological polar surface area (TPSA) is 92.5 Å². The number of nitro benzene ring substituents is 1. The Balaban J connectivity index is 3.27. The molecular formula is C10H8NO5-. The number of ether oxygens (including phenoxy) is 1. The lowest BCUT2D eigenvalue weighted by atomic mass is 10.1. The summed E-state index contributed by atoms with van der Waals surface area (Å²) < 4.78 is 4.82. The summed E-state index contributed by atoms with van der Waals surface area (Å²) in [5.74, 6) is -1.34. The SMILES string of the molecule is COc1cccc(/C=C/C(=O)[O-])c1[N+](=O)[O-]. The number of hydrogen-bond acceptors (Lipinski definition) is 5. The Hall–Kier alpha value is -2.37. The van der Waals surface area contributed by atoms with Crippen LogP contribution in [0.25, 0.3) is 6.08 Å². The van der Waals surface area contributed by atoms with Crippen LogP contribution < -0.4 is 9.84 Å². The van der Waals surface area contributed by atoms with Crippen molar-refractivity contribution >= 4 is 17.7 Å². The Kier molecular flexibility index (Phi) is 3.60. The number of carbonyl (C=O) groups is 1. The first-order valence-electron chi connectivity index (χ1n) is 4.26. The van der Waals surface area contributed by atoms with Gasteiger partial charge in [-0.1, -0.05) is 6.07 Å². The number of nitro groups is 1. The van der Waals surface area contributed by atoms with Crippen LogP contribution >= 0.6 is 0 Å². The van der Waals surface area contributed by atoms with Crippen molar-refractivity contribution in [3.63, 3.8) is 0 Å². The molecule has 0 aromatic heterocycles. The molecule has 0 radical (unpaired) electrons. The summed E-state index contributed by atoms with van der Waals surface area (Å²) >= 11 is 0. The fourth-order valence-electron chi connectivity index (χ4n) is 1.19. The molecule has 16 heavy (non-hydrogen) atoms. The summed E-state index contributed by atoms with van der Waals surface area (Å²) in [4.78, 5) is 20.4. The number of carboxylic acids is 1. The number of nitrogens with zero attached hydrogens (tertiary/aromatic N) is 1. The van der Waals surface area contributed by atoms with Crippen molar-refractivity contribution in [3.05, 3.63) is 40.0 Å². The Labute approximate surface area is 90.9 Å². The molecule has 0 saturated carbocycles. The lowest BCUT2D eigenvalue weighted by Crippen LogP contribution is -2.18. The van der Waals surface area contributed by atoms with Crippen LogP contribution in [-0.2, 0) is 4.79 Å². The Morgan fingerprint density at radius 3 is 2.69 bits per heavy atom. The van der Waals surface area contributed by atoms with E-state index in [0.29, 0.717) is 0 Å². The third-order valence-electron chi connectivity index (χ3n) is 1.83. The van der Waals surface area contributed by atoms with Gasteiger partial charge in [-0.25, -0.2) is 0 Å². The zero-order valence-corrected chi connectivity index (χ0v) is 8.38. The molecule has 1 aromatic rings. The highest BCUT2D eigenvalue weighted by Crippen LogP contribution is 2.31. The highest BCUT2D eigenvalue weighted by Gasteiger charge is 2.18. The predicted molar refractivity (Wildman–Crippen MR) is 53.7 cm³/mol. The summed E-state index contributed by atoms with van der Waals surface area (Å²) in [7, 11) is 1.30. The van der Waals surface area contributed by atoms with Gasteiger partial charge < -0.3 is 14.6 Å². The van der Waals surface area contributed by atoms with Crippen LogP contribution in [0.3, 0.4) is 0 Å². The third-order valence-corrected chi connectivity index (χ3v) is 1.83. The van der Waals surface area contributed by atoms with Crippen molar-refractivity contribution < 1.29 is 19.6 Å². The number of methoxy groups -OCH3 is 1. The van der Waals surface area contributed by atoms with Gasteiger partial charge in [-0.3, -0.25) is 10.1 Å². The minimum atomic E-state index is -1.42. The number of carbonyl (C=O) groups excluding carboxylic acids is 1. The van der Waals surface area contributed by atoms with E-state index in [2.05, 4.69) is 0 Å². The number of benzene rings is 1. The highest BCUT2D eigenvalue weighted by molar-refractivity contribution is 5.85. The van der Waals surface area contributed by atoms with Crippen molar-refractivity contribution in [2.45, 2.75) is 0 Å². The van der Waals surface area contributed by atoms with Crippen LogP contribution in [0.2, 0.25) is 0 Å². The van der Waals surface area contributed by atoms with Crippen molar-refractivity contribution in [3.8, 4) is 5.75 Å². The van der Waals surface area contributed by atoms with Crippen LogP contribution in [0.15, 0.2) is 24.3 Å². The van der Waals surface area contributed by atoms with Crippen molar-refractivity contribution in [1.29, 1.82) is 0 Å². The first kappa shape index (κ1) is 11.7. The monoisotopic (exact) mass is 222 g/mol. The van der Waals surface area contributed by atoms with Crippen molar-refractivity contribution in [2.24, 2.45) is 0 Å². The van der Waals surface area contributed by atoms with E-state index in [9.17, 15) is 20.0 Å². The molecule has 6 nitrogen and oxygen atoms in total. The number of aliphatic carboxylic acids is 1. The molecule has 0 aliphatic rings. The second-order valence-corrected chi connectivity index (χ2v) is 2.81. The zero-order chi connectivity index (χ0) is 12.1. The maximum absolute atomic E-state index is 10.8. The fraction of sp³-hybridized carbons (Fsp3) is 0.100. The molecule has 0 fully saturated rings. The Bertz CT molecular complexity index is 453. The summed E-state index contributed by atoms with van der Waals surface area (Å²) in [6, 6.07) is 4.37. The summed E-state index contributed by atoms with van der Waals surface area (Å²) in [5, 5.41) is 21.0. The van der Waals surface area contributed by atoms with Gasteiger partial charge >= 0.3 is 5.69 Å². The van der Waals surface area contributed by atoms with Gasteiger partial charge in [0, 0.05) is 0 Å². The van der Waals surface area contributed by atoms with E-state index in [0.717, 1.165) is 12.2 Å². The predicted octanol–water partition coefficient (Wildman–Crippen LogP) is 0.366. The molecule has 1 aromatic carbocycles. The molecular weight excluding hydrogens is 214 g/mol. The first-order valence-corrected chi connectivity index (χ1v) is 4.26. The largest absolute Gasteiger partial charge is 0.545 e. The van der Waals surface area contributed by atoms with Crippen LogP contribution in [0.5, 0.6) is 5.75 Å². The van der Waals surface area contributed by atoms with Gasteiger partial charge in [0.25, 0.3) is 0 Å². The highest BCUT2D eigenvalue weighted by atomic mass is 16.6. The number of para-hydroxylation sites is 1. The molecule has 0 aliphatic heterocycles. The van der Waals surface area contributed by atoms with Crippen LogP contribution in [0, 0.1) is 10.1 Å². The maximum atomic E-state index is 10.8. The molecule has 0 amide bonds. The average molecular weight is 222 g/mol. The quantitative estimate of drug-likeness (QED) is 0.416. The van der Waals surface area contributed by atoms with Gasteiger partial charge in [0.1, 0.15) is 0 Å². The van der Waals surface area contributed by atoms with Gasteiger partial charge in [-0.15, -0.1) is 0 Å². The van der Waals surface area contributed by atoms with Crippen molar-refractivity contribution in [1.82, 2.24) is 0 Å². The second-order valence-electron chi connectivity index (χ2n) is 2.81. The summed E-state index contributed by atoms with van der Waals surface area (Å²) in [6.07, 6.45) is 1.82. The lowest BCUT2D eigenvalue weighted by Gasteiger charge is -2.03. The average Bonchev–Trinajstić information content (AvgIpc) is 2.25. The molecule has 1 rings (SSSR count). The molecule has 0 spiro atoms. The van der Waals surface area contributed by atoms with Gasteiger partial charge in [0.15, 0.2) is 5.75 Å². The maximum Gasteiger partial charge on any atom is 0.318 e. The number of carboxylic acid groups (broad SMARTS) is 1. The molecule has 0 aliphatic carbocycles. The van der Waals surface area contributed by atoms with Gasteiger partial charge in [-0.05, 0) is 24.3 Å². The summed E-state index contributed by atoms with van der Waals surface area (Å²) in [5.41, 5.74) is -0.129. The van der Waals surface area contributed by atoms with Crippen LogP contribution in [0.1, 0.15) is 5.56 Å². The first-order chi connectivity index (χ1) is 7.56. The molecule has 0 saturated heterocycles. The molecule has 6 heteroatoms. The molecule has 84 valence electrons. The molecule has 0 atom stereocenters. The van der Waals surface area contributed by atoms with E-state index in [-0.39, 0.29) is 17.0 Å². The molecule has 0 N–H and O–H groups in total. The minimum absolute atomic E-state index is 0.0745. The number of hydrogen-bond donors (Lipinski definition) is 0. The van der Waals surface area contributed by atoms with Crippen LogP contribution in [-0.4, -0.2) is 18.0 Å². The lowest BCUT2D eigenvalue weighted by molar-refractivity contribution is -0.386.